The Morgan fingerprint density at radius 2 is 1.78 bits per heavy atom. The lowest BCUT2D eigenvalue weighted by Crippen LogP contribution is -2.40. The van der Waals surface area contributed by atoms with E-state index < -0.39 is 17.8 Å². The second-order valence-corrected chi connectivity index (χ2v) is 7.55. The fourth-order valence-electron chi connectivity index (χ4n) is 3.44. The number of nitrogens with one attached hydrogen (secondary N) is 2. The predicted molar refractivity (Wildman–Crippen MR) is 114 cm³/mol. The van der Waals surface area contributed by atoms with Gasteiger partial charge in [0.05, 0.1) is 5.56 Å². The number of amides is 3. The van der Waals surface area contributed by atoms with Crippen LogP contribution in [0.3, 0.4) is 0 Å². The molecule has 0 atom stereocenters. The molecule has 0 unspecified atom stereocenters. The van der Waals surface area contributed by atoms with Gasteiger partial charge in [0.2, 0.25) is 5.91 Å². The minimum Gasteiger partial charge on any atom is -0.355 e. The zero-order chi connectivity index (χ0) is 23.0. The number of benzene rings is 1. The van der Waals surface area contributed by atoms with Crippen molar-refractivity contribution in [3.8, 4) is 0 Å². The first-order valence-corrected chi connectivity index (χ1v) is 10.4. The number of imide groups is 1. The van der Waals surface area contributed by atoms with Gasteiger partial charge in [-0.3, -0.25) is 10.1 Å². The van der Waals surface area contributed by atoms with Crippen molar-refractivity contribution in [2.45, 2.75) is 25.6 Å². The molecule has 2 heterocycles. The summed E-state index contributed by atoms with van der Waals surface area (Å²) in [5.74, 6) is 0.147. The van der Waals surface area contributed by atoms with E-state index in [-0.39, 0.29) is 12.3 Å². The molecule has 1 aromatic heterocycles. The van der Waals surface area contributed by atoms with Gasteiger partial charge < -0.3 is 15.1 Å². The summed E-state index contributed by atoms with van der Waals surface area (Å²) in [6.45, 7) is 3.49. The molecule has 172 valence electrons. The maximum atomic E-state index is 12.7. The van der Waals surface area contributed by atoms with Crippen molar-refractivity contribution >= 4 is 17.8 Å². The van der Waals surface area contributed by atoms with Gasteiger partial charge in [0.1, 0.15) is 5.82 Å². The molecule has 1 fully saturated rings. The Morgan fingerprint density at radius 3 is 2.47 bits per heavy atom. The van der Waals surface area contributed by atoms with E-state index in [4.69, 9.17) is 0 Å². The van der Waals surface area contributed by atoms with E-state index in [1.54, 1.807) is 0 Å². The summed E-state index contributed by atoms with van der Waals surface area (Å²) < 4.78 is 38.1. The number of nitrogens with zero attached hydrogens (tertiary/aromatic N) is 3. The summed E-state index contributed by atoms with van der Waals surface area (Å²) in [6.07, 6.45) is -2.58. The van der Waals surface area contributed by atoms with Gasteiger partial charge in [-0.05, 0) is 30.7 Å². The molecule has 10 heteroatoms. The standard InChI is InChI=1S/C22H26F3N5O2/c23-22(24,25)18-7-8-19(26-16-18)30-11-4-10-29(13-14-30)12-9-20(31)28-21(32)27-15-17-5-2-1-3-6-17/h1-3,5-8,16H,4,9-15H2,(H2,27,28,31,32). The maximum absolute atomic E-state index is 12.7. The molecule has 0 radical (unpaired) electrons. The fraction of sp³-hybridized carbons (Fsp3) is 0.409. The van der Waals surface area contributed by atoms with Gasteiger partial charge in [-0.25, -0.2) is 9.78 Å². The zero-order valence-corrected chi connectivity index (χ0v) is 17.6. The van der Waals surface area contributed by atoms with Gasteiger partial charge in [0.25, 0.3) is 0 Å². The van der Waals surface area contributed by atoms with Crippen molar-refractivity contribution in [3.05, 3.63) is 59.8 Å². The molecule has 7 nitrogen and oxygen atoms in total. The number of carbonyl (C=O) groups excluding carboxylic acids is 2. The van der Waals surface area contributed by atoms with E-state index in [2.05, 4.69) is 20.5 Å². The normalized spacial score (nSPS) is 15.2. The zero-order valence-electron chi connectivity index (χ0n) is 17.6. The molecule has 1 aliphatic rings. The number of urea groups is 1. The average Bonchev–Trinajstić information content (AvgIpc) is 3.02. The Morgan fingerprint density at radius 1 is 1.00 bits per heavy atom. The Kier molecular flexibility index (Phi) is 8.04. The van der Waals surface area contributed by atoms with E-state index in [0.717, 1.165) is 30.8 Å². The van der Waals surface area contributed by atoms with Crippen LogP contribution >= 0.6 is 0 Å². The van der Waals surface area contributed by atoms with Crippen LogP contribution in [0.4, 0.5) is 23.8 Å². The first-order valence-electron chi connectivity index (χ1n) is 10.4. The van der Waals surface area contributed by atoms with Gasteiger partial charge in [-0.1, -0.05) is 30.3 Å². The molecular formula is C22H26F3N5O2. The summed E-state index contributed by atoms with van der Waals surface area (Å²) >= 11 is 0. The number of hydrogen-bond acceptors (Lipinski definition) is 5. The largest absolute Gasteiger partial charge is 0.417 e. The van der Waals surface area contributed by atoms with Gasteiger partial charge in [-0.2, -0.15) is 13.2 Å². The van der Waals surface area contributed by atoms with Gasteiger partial charge in [-0.15, -0.1) is 0 Å². The van der Waals surface area contributed by atoms with E-state index in [1.807, 2.05) is 35.2 Å². The van der Waals surface area contributed by atoms with Crippen molar-refractivity contribution in [2.75, 3.05) is 37.6 Å². The topological polar surface area (TPSA) is 77.6 Å². The SMILES string of the molecule is O=C(CCN1CCCN(c2ccc(C(F)(F)F)cn2)CC1)NC(=O)NCc1ccccc1. The lowest BCUT2D eigenvalue weighted by molar-refractivity contribution is -0.137. The molecule has 2 N–H and O–H groups in total. The molecule has 2 aromatic rings. The van der Waals surface area contributed by atoms with Crippen LogP contribution in [-0.2, 0) is 17.5 Å². The van der Waals surface area contributed by atoms with Crippen molar-refractivity contribution < 1.29 is 22.8 Å². The highest BCUT2D eigenvalue weighted by Gasteiger charge is 2.31. The van der Waals surface area contributed by atoms with Crippen LogP contribution in [0.2, 0.25) is 0 Å². The molecule has 3 amide bonds. The minimum atomic E-state index is -4.40. The van der Waals surface area contributed by atoms with Gasteiger partial charge in [0, 0.05) is 45.3 Å². The summed E-state index contributed by atoms with van der Waals surface area (Å²) in [4.78, 5) is 32.0. The molecule has 0 aliphatic carbocycles. The number of alkyl halides is 3. The summed E-state index contributed by atoms with van der Waals surface area (Å²) in [7, 11) is 0. The Hall–Kier alpha value is -3.14. The molecule has 1 aromatic carbocycles. The molecule has 0 bridgehead atoms. The van der Waals surface area contributed by atoms with Crippen molar-refractivity contribution in [2.24, 2.45) is 0 Å². The first-order chi connectivity index (χ1) is 15.3. The van der Waals surface area contributed by atoms with Crippen LogP contribution in [0.15, 0.2) is 48.7 Å². The lowest BCUT2D eigenvalue weighted by atomic mass is 10.2. The van der Waals surface area contributed by atoms with E-state index >= 15 is 0 Å². The van der Waals surface area contributed by atoms with Crippen LogP contribution in [-0.4, -0.2) is 54.5 Å². The van der Waals surface area contributed by atoms with Crippen molar-refractivity contribution in [1.82, 2.24) is 20.5 Å². The average molecular weight is 449 g/mol. The monoisotopic (exact) mass is 449 g/mol. The molecule has 0 spiro atoms. The number of rotatable bonds is 6. The van der Waals surface area contributed by atoms with Crippen LogP contribution in [0.5, 0.6) is 0 Å². The third-order valence-corrected chi connectivity index (χ3v) is 5.19. The number of halogens is 3. The number of carbonyl (C=O) groups is 2. The third kappa shape index (κ3) is 7.23. The van der Waals surface area contributed by atoms with Crippen molar-refractivity contribution in [1.29, 1.82) is 0 Å². The first kappa shape index (κ1) is 23.5. The Balaban J connectivity index is 1.39. The molecule has 0 saturated carbocycles. The minimum absolute atomic E-state index is 0.178. The Bertz CT molecular complexity index is 891. The Labute approximate surface area is 184 Å². The number of anilines is 1. The van der Waals surface area contributed by atoms with Gasteiger partial charge in [0.15, 0.2) is 0 Å². The number of pyridine rings is 1. The van der Waals surface area contributed by atoms with Crippen LogP contribution in [0, 0.1) is 0 Å². The highest BCUT2D eigenvalue weighted by Crippen LogP contribution is 2.29. The summed E-state index contributed by atoms with van der Waals surface area (Å²) in [5, 5.41) is 4.98. The molecular weight excluding hydrogens is 423 g/mol. The lowest BCUT2D eigenvalue weighted by Gasteiger charge is -2.23. The summed E-state index contributed by atoms with van der Waals surface area (Å²) in [6, 6.07) is 11.3. The predicted octanol–water partition coefficient (Wildman–Crippen LogP) is 3.03. The number of aromatic nitrogens is 1. The molecule has 3 rings (SSSR count). The van der Waals surface area contributed by atoms with E-state index in [0.29, 0.717) is 38.5 Å². The highest BCUT2D eigenvalue weighted by molar-refractivity contribution is 5.94. The van der Waals surface area contributed by atoms with E-state index in [1.165, 1.54) is 6.07 Å². The third-order valence-electron chi connectivity index (χ3n) is 5.19. The molecule has 32 heavy (non-hydrogen) atoms. The van der Waals surface area contributed by atoms with Crippen LogP contribution in [0.1, 0.15) is 24.0 Å². The summed E-state index contributed by atoms with van der Waals surface area (Å²) in [5.41, 5.74) is 0.170. The quantitative estimate of drug-likeness (QED) is 0.709. The second kappa shape index (κ2) is 10.9. The smallest absolute Gasteiger partial charge is 0.355 e. The fourth-order valence-corrected chi connectivity index (χ4v) is 3.44. The second-order valence-electron chi connectivity index (χ2n) is 7.55. The highest BCUT2D eigenvalue weighted by atomic mass is 19.4. The van der Waals surface area contributed by atoms with Crippen molar-refractivity contribution in [3.63, 3.8) is 0 Å². The van der Waals surface area contributed by atoms with Crippen LogP contribution < -0.4 is 15.5 Å². The molecule has 1 aliphatic heterocycles. The van der Waals surface area contributed by atoms with Crippen LogP contribution in [0.25, 0.3) is 0 Å². The maximum Gasteiger partial charge on any atom is 0.417 e. The van der Waals surface area contributed by atoms with Gasteiger partial charge >= 0.3 is 12.2 Å². The van der Waals surface area contributed by atoms with E-state index in [9.17, 15) is 22.8 Å². The number of hydrogen-bond donors (Lipinski definition) is 2. The molecule has 1 saturated heterocycles.